The summed E-state index contributed by atoms with van der Waals surface area (Å²) < 4.78 is 8.14. The maximum absolute atomic E-state index is 12.2. The van der Waals surface area contributed by atoms with Gasteiger partial charge < -0.3 is 14.6 Å². The number of amides is 1. The van der Waals surface area contributed by atoms with Crippen LogP contribution < -0.4 is 10.1 Å². The summed E-state index contributed by atoms with van der Waals surface area (Å²) in [4.78, 5) is 17.0. The van der Waals surface area contributed by atoms with E-state index >= 15 is 0 Å². The van der Waals surface area contributed by atoms with E-state index in [1.54, 1.807) is 24.3 Å². The first-order valence-corrected chi connectivity index (χ1v) is 12.2. The number of carbonyl (C=O) groups excluding carboxylic acids is 1. The Balaban J connectivity index is 1.27. The molecule has 176 valence electrons. The molecular weight excluding hydrogens is 469 g/mol. The van der Waals surface area contributed by atoms with E-state index in [9.17, 15) is 4.79 Å². The molecule has 34 heavy (non-hydrogen) atoms. The number of rotatable bonds is 11. The minimum absolute atomic E-state index is 0.0722. The third-order valence-corrected chi connectivity index (χ3v) is 6.18. The van der Waals surface area contributed by atoms with E-state index in [0.717, 1.165) is 42.5 Å². The molecule has 0 saturated carbocycles. The van der Waals surface area contributed by atoms with E-state index in [-0.39, 0.29) is 5.91 Å². The van der Waals surface area contributed by atoms with Crippen molar-refractivity contribution in [2.24, 2.45) is 0 Å². The van der Waals surface area contributed by atoms with Gasteiger partial charge in [0.25, 0.3) is 5.91 Å². The van der Waals surface area contributed by atoms with Crippen LogP contribution in [0.2, 0.25) is 10.0 Å². The van der Waals surface area contributed by atoms with Crippen LogP contribution in [0.3, 0.4) is 0 Å². The first-order valence-electron chi connectivity index (χ1n) is 11.5. The van der Waals surface area contributed by atoms with Gasteiger partial charge in [0.15, 0.2) is 0 Å². The zero-order valence-electron chi connectivity index (χ0n) is 18.8. The van der Waals surface area contributed by atoms with Crippen LogP contribution in [0, 0.1) is 0 Å². The highest BCUT2D eigenvalue weighted by Gasteiger charge is 2.11. The summed E-state index contributed by atoms with van der Waals surface area (Å²) in [6.07, 6.45) is 3.77. The molecule has 0 spiro atoms. The number of halogens is 2. The molecule has 4 rings (SSSR count). The second-order valence-electron chi connectivity index (χ2n) is 8.02. The molecule has 0 aliphatic carbocycles. The van der Waals surface area contributed by atoms with Crippen LogP contribution in [0.1, 0.15) is 35.4 Å². The predicted octanol–water partition coefficient (Wildman–Crippen LogP) is 6.56. The molecule has 0 aliphatic rings. The first kappa shape index (κ1) is 24.1. The zero-order chi connectivity index (χ0) is 23.8. The second-order valence-corrected chi connectivity index (χ2v) is 8.86. The third kappa shape index (κ3) is 6.31. The highest BCUT2D eigenvalue weighted by atomic mass is 35.5. The number of para-hydroxylation sites is 3. The molecule has 1 amide bonds. The average Bonchev–Trinajstić information content (AvgIpc) is 3.20. The summed E-state index contributed by atoms with van der Waals surface area (Å²) >= 11 is 12.1. The molecule has 0 radical (unpaired) electrons. The highest BCUT2D eigenvalue weighted by molar-refractivity contribution is 6.32. The molecule has 0 fully saturated rings. The summed E-state index contributed by atoms with van der Waals surface area (Å²) in [5, 5.41) is 4.20. The smallest absolute Gasteiger partial charge is 0.251 e. The predicted molar refractivity (Wildman–Crippen MR) is 138 cm³/mol. The van der Waals surface area contributed by atoms with Gasteiger partial charge in [-0.2, -0.15) is 0 Å². The molecule has 1 aromatic heterocycles. The van der Waals surface area contributed by atoms with Gasteiger partial charge in [-0.25, -0.2) is 4.98 Å². The van der Waals surface area contributed by atoms with Crippen LogP contribution in [0.25, 0.3) is 11.0 Å². The number of unbranched alkanes of at least 4 members (excludes halogenated alkanes) is 2. The molecule has 0 bridgehead atoms. The van der Waals surface area contributed by atoms with E-state index in [2.05, 4.69) is 16.0 Å². The molecule has 3 aromatic carbocycles. The van der Waals surface area contributed by atoms with E-state index in [1.807, 2.05) is 42.5 Å². The second kappa shape index (κ2) is 11.9. The van der Waals surface area contributed by atoms with Crippen molar-refractivity contribution in [2.45, 2.75) is 32.2 Å². The number of benzene rings is 3. The first-order chi connectivity index (χ1) is 16.6. The van der Waals surface area contributed by atoms with Crippen molar-refractivity contribution in [2.75, 3.05) is 13.2 Å². The van der Waals surface area contributed by atoms with Gasteiger partial charge in [0.1, 0.15) is 18.2 Å². The van der Waals surface area contributed by atoms with Crippen molar-refractivity contribution in [3.8, 4) is 5.75 Å². The normalized spacial score (nSPS) is 11.0. The van der Waals surface area contributed by atoms with E-state index in [4.69, 9.17) is 32.9 Å². The van der Waals surface area contributed by atoms with Crippen LogP contribution in [0.5, 0.6) is 5.75 Å². The van der Waals surface area contributed by atoms with Crippen LogP contribution in [0.4, 0.5) is 0 Å². The lowest BCUT2D eigenvalue weighted by atomic mass is 10.1. The van der Waals surface area contributed by atoms with Gasteiger partial charge in [-0.3, -0.25) is 4.79 Å². The van der Waals surface area contributed by atoms with Gasteiger partial charge in [0, 0.05) is 23.6 Å². The number of carbonyl (C=O) groups is 1. The lowest BCUT2D eigenvalue weighted by Gasteiger charge is -2.12. The zero-order valence-corrected chi connectivity index (χ0v) is 20.4. The number of fused-ring (bicyclic) bond motifs is 1. The molecular formula is C27H27Cl2N3O2. The lowest BCUT2D eigenvalue weighted by Crippen LogP contribution is -2.24. The number of aromatic nitrogens is 2. The Bertz CT molecular complexity index is 1240. The van der Waals surface area contributed by atoms with Crippen molar-refractivity contribution in [3.05, 3.63) is 94.2 Å². The maximum Gasteiger partial charge on any atom is 0.251 e. The van der Waals surface area contributed by atoms with Crippen molar-refractivity contribution < 1.29 is 9.53 Å². The summed E-state index contributed by atoms with van der Waals surface area (Å²) in [6, 6.07) is 22.6. The molecule has 0 atom stereocenters. The van der Waals surface area contributed by atoms with Gasteiger partial charge in [-0.1, -0.05) is 53.9 Å². The number of ether oxygens (including phenoxy) is 1. The maximum atomic E-state index is 12.2. The summed E-state index contributed by atoms with van der Waals surface area (Å²) in [5.74, 6) is 1.67. The Labute approximate surface area is 209 Å². The number of hydrogen-bond acceptors (Lipinski definition) is 3. The van der Waals surface area contributed by atoms with E-state index in [1.165, 1.54) is 0 Å². The van der Waals surface area contributed by atoms with Gasteiger partial charge in [0.05, 0.1) is 22.6 Å². The summed E-state index contributed by atoms with van der Waals surface area (Å²) in [7, 11) is 0. The minimum atomic E-state index is -0.0722. The number of aryl methyl sites for hydroxylation is 1. The Hall–Kier alpha value is -3.02. The summed E-state index contributed by atoms with van der Waals surface area (Å²) in [6.45, 7) is 1.84. The quantitative estimate of drug-likeness (QED) is 0.239. The minimum Gasteiger partial charge on any atom is -0.490 e. The fourth-order valence-corrected chi connectivity index (χ4v) is 4.18. The Morgan fingerprint density at radius 2 is 1.68 bits per heavy atom. The average molecular weight is 496 g/mol. The van der Waals surface area contributed by atoms with Crippen molar-refractivity contribution in [1.29, 1.82) is 0 Å². The Morgan fingerprint density at radius 1 is 0.912 bits per heavy atom. The fourth-order valence-electron chi connectivity index (χ4n) is 3.86. The van der Waals surface area contributed by atoms with Crippen molar-refractivity contribution in [3.63, 3.8) is 0 Å². The van der Waals surface area contributed by atoms with Gasteiger partial charge in [-0.05, 0) is 61.4 Å². The van der Waals surface area contributed by atoms with Gasteiger partial charge >= 0.3 is 0 Å². The SMILES string of the molecule is O=C(NCCCCCc1nc2ccccc2n1CCOc1ccccc1Cl)c1ccc(Cl)cc1. The fraction of sp³-hybridized carbons (Fsp3) is 0.259. The molecule has 7 heteroatoms. The lowest BCUT2D eigenvalue weighted by molar-refractivity contribution is 0.0953. The molecule has 0 unspecified atom stereocenters. The monoisotopic (exact) mass is 495 g/mol. The van der Waals surface area contributed by atoms with Crippen LogP contribution >= 0.6 is 23.2 Å². The van der Waals surface area contributed by atoms with E-state index < -0.39 is 0 Å². The largest absolute Gasteiger partial charge is 0.490 e. The number of hydrogen-bond donors (Lipinski definition) is 1. The van der Waals surface area contributed by atoms with Crippen LogP contribution in [0.15, 0.2) is 72.8 Å². The summed E-state index contributed by atoms with van der Waals surface area (Å²) in [5.41, 5.74) is 2.72. The van der Waals surface area contributed by atoms with E-state index in [0.29, 0.717) is 41.1 Å². The van der Waals surface area contributed by atoms with Gasteiger partial charge in [-0.15, -0.1) is 0 Å². The number of nitrogens with zero attached hydrogens (tertiary/aromatic N) is 2. The molecule has 0 aliphatic heterocycles. The molecule has 4 aromatic rings. The highest BCUT2D eigenvalue weighted by Crippen LogP contribution is 2.24. The number of imidazole rings is 1. The topological polar surface area (TPSA) is 56.2 Å². The molecule has 1 N–H and O–H groups in total. The standard InChI is InChI=1S/C27H27Cl2N3O2/c28-21-15-13-20(14-16-21)27(33)30-17-7-1-2-12-26-31-23-9-4-5-10-24(23)32(26)18-19-34-25-11-6-3-8-22(25)29/h3-6,8-11,13-16H,1-2,7,12,17-19H2,(H,30,33). The molecule has 5 nitrogen and oxygen atoms in total. The Kier molecular flexibility index (Phi) is 8.45. The van der Waals surface area contributed by atoms with Gasteiger partial charge in [0.2, 0.25) is 0 Å². The molecule has 0 saturated heterocycles. The third-order valence-electron chi connectivity index (χ3n) is 5.61. The number of nitrogens with one attached hydrogen (secondary N) is 1. The van der Waals surface area contributed by atoms with Crippen molar-refractivity contribution >= 4 is 40.1 Å². The van der Waals surface area contributed by atoms with Crippen LogP contribution in [-0.4, -0.2) is 28.6 Å². The Morgan fingerprint density at radius 3 is 2.50 bits per heavy atom. The molecule has 1 heterocycles. The van der Waals surface area contributed by atoms with Crippen molar-refractivity contribution in [1.82, 2.24) is 14.9 Å². The van der Waals surface area contributed by atoms with Crippen LogP contribution in [-0.2, 0) is 13.0 Å².